The fourth-order valence-corrected chi connectivity index (χ4v) is 4.10. The van der Waals surface area contributed by atoms with E-state index in [1.54, 1.807) is 48.4 Å². The predicted octanol–water partition coefficient (Wildman–Crippen LogP) is 3.01. The highest BCUT2D eigenvalue weighted by molar-refractivity contribution is 5.66. The van der Waals surface area contributed by atoms with Gasteiger partial charge in [-0.1, -0.05) is 0 Å². The van der Waals surface area contributed by atoms with Gasteiger partial charge in [-0.05, 0) is 37.1 Å². The molecule has 2 aliphatic rings. The number of imidazole rings is 1. The molecule has 2 N–H and O–H groups in total. The number of alkyl halides is 2. The van der Waals surface area contributed by atoms with Gasteiger partial charge in [-0.15, -0.1) is 10.2 Å². The van der Waals surface area contributed by atoms with E-state index in [9.17, 15) is 9.50 Å². The second-order valence-electron chi connectivity index (χ2n) is 7.88. The van der Waals surface area contributed by atoms with E-state index in [-0.39, 0.29) is 24.4 Å². The molecule has 0 spiro atoms. The van der Waals surface area contributed by atoms with Gasteiger partial charge in [-0.2, -0.15) is 0 Å². The van der Waals surface area contributed by atoms with Gasteiger partial charge in [0, 0.05) is 32.3 Å². The van der Waals surface area contributed by atoms with Gasteiger partial charge >= 0.3 is 0 Å². The van der Waals surface area contributed by atoms with Gasteiger partial charge in [0.15, 0.2) is 5.82 Å². The maximum Gasteiger partial charge on any atom is 0.185 e. The molecule has 154 valence electrons. The number of piperidine rings is 1. The number of hydrogen-bond donors (Lipinski definition) is 2. The van der Waals surface area contributed by atoms with Crippen LogP contribution in [0, 0.1) is 0 Å². The summed E-state index contributed by atoms with van der Waals surface area (Å²) in [6, 6.07) is 3.49. The zero-order valence-electron chi connectivity index (χ0n) is 17.1. The Morgan fingerprint density at radius 3 is 2.93 bits per heavy atom. The molecule has 2 bridgehead atoms. The van der Waals surface area contributed by atoms with Crippen molar-refractivity contribution in [2.75, 3.05) is 0 Å². The van der Waals surface area contributed by atoms with E-state index in [0.29, 0.717) is 16.8 Å². The first kappa shape index (κ1) is 17.6. The first-order chi connectivity index (χ1) is 14.8. The van der Waals surface area contributed by atoms with Gasteiger partial charge in [-0.3, -0.25) is 0 Å². The number of aromatic hydroxyl groups is 1. The standard InChI is InChI=1S/C21H20F2N6O/c1-21-9-16(22)17(26-21)7-12(19(21)23)6-13-10-25-20(28-27-13)15-3-2-14(8-18(15)30)29-5-4-24-11-29/h2-6,8,10-11,16-17,19,26,30H,7,9H2,1H3/b12-6+/t16-,17+,19+,21+/m1/s1/i17D. The highest BCUT2D eigenvalue weighted by atomic mass is 19.1. The predicted molar refractivity (Wildman–Crippen MR) is 106 cm³/mol. The molecule has 7 nitrogen and oxygen atoms in total. The Bertz CT molecular complexity index is 1160. The third-order valence-electron chi connectivity index (χ3n) is 5.64. The second-order valence-corrected chi connectivity index (χ2v) is 7.88. The van der Waals surface area contributed by atoms with Gasteiger partial charge in [0.2, 0.25) is 0 Å². The number of aromatic nitrogens is 5. The normalized spacial score (nSPS) is 32.4. The van der Waals surface area contributed by atoms with Crippen LogP contribution in [-0.4, -0.2) is 53.7 Å². The lowest BCUT2D eigenvalue weighted by Gasteiger charge is -2.35. The van der Waals surface area contributed by atoms with Crippen molar-refractivity contribution in [2.24, 2.45) is 0 Å². The fraction of sp³-hybridized carbons (Fsp3) is 0.333. The molecule has 1 aromatic carbocycles. The van der Waals surface area contributed by atoms with E-state index in [1.165, 1.54) is 12.3 Å². The molecule has 0 amide bonds. The Labute approximate surface area is 172 Å². The number of benzene rings is 1. The Hall–Kier alpha value is -3.20. The van der Waals surface area contributed by atoms with Crippen LogP contribution < -0.4 is 5.32 Å². The summed E-state index contributed by atoms with van der Waals surface area (Å²) in [4.78, 5) is 8.22. The van der Waals surface area contributed by atoms with Gasteiger partial charge in [0.25, 0.3) is 0 Å². The molecule has 0 unspecified atom stereocenters. The van der Waals surface area contributed by atoms with Crippen molar-refractivity contribution in [1.82, 2.24) is 30.0 Å². The van der Waals surface area contributed by atoms with Crippen molar-refractivity contribution in [3.8, 4) is 22.8 Å². The Balaban J connectivity index is 1.41. The third kappa shape index (κ3) is 3.15. The summed E-state index contributed by atoms with van der Waals surface area (Å²) in [5.41, 5.74) is 0.616. The Morgan fingerprint density at radius 1 is 1.37 bits per heavy atom. The SMILES string of the molecule is [2H][C@]12C/C(=C\c3cnc(-c4ccc(-n5ccnc5)cc4O)nn3)[C@H](F)[C@](C)(C[C@H]1F)N2. The minimum atomic E-state index is -1.53. The first-order valence-electron chi connectivity index (χ1n) is 10.1. The molecule has 3 aromatic rings. The van der Waals surface area contributed by atoms with Crippen LogP contribution in [-0.2, 0) is 0 Å². The summed E-state index contributed by atoms with van der Waals surface area (Å²) in [6.07, 6.45) is 4.90. The molecular weight excluding hydrogens is 390 g/mol. The number of nitrogens with one attached hydrogen (secondary N) is 1. The average Bonchev–Trinajstić information content (AvgIpc) is 3.33. The third-order valence-corrected chi connectivity index (χ3v) is 5.64. The highest BCUT2D eigenvalue weighted by Crippen LogP contribution is 2.42. The van der Waals surface area contributed by atoms with Crippen LogP contribution in [0.3, 0.4) is 0 Å². The van der Waals surface area contributed by atoms with Crippen LogP contribution in [0.2, 0.25) is 0 Å². The van der Waals surface area contributed by atoms with Gasteiger partial charge in [0.05, 0.1) is 29.3 Å². The smallest absolute Gasteiger partial charge is 0.185 e. The monoisotopic (exact) mass is 411 g/mol. The molecule has 0 aliphatic carbocycles. The van der Waals surface area contributed by atoms with Crippen LogP contribution >= 0.6 is 0 Å². The lowest BCUT2D eigenvalue weighted by molar-refractivity contribution is 0.186. The van der Waals surface area contributed by atoms with Crippen LogP contribution in [0.4, 0.5) is 8.78 Å². The van der Waals surface area contributed by atoms with E-state index in [1.807, 2.05) is 0 Å². The van der Waals surface area contributed by atoms with Crippen LogP contribution in [0.25, 0.3) is 23.2 Å². The van der Waals surface area contributed by atoms with Gasteiger partial charge in [0.1, 0.15) is 23.8 Å². The summed E-state index contributed by atoms with van der Waals surface area (Å²) >= 11 is 0. The topological polar surface area (TPSA) is 88.8 Å². The van der Waals surface area contributed by atoms with Crippen molar-refractivity contribution < 1.29 is 15.3 Å². The number of phenolic OH excluding ortho intramolecular Hbond substituents is 1. The quantitative estimate of drug-likeness (QED) is 0.689. The van der Waals surface area contributed by atoms with E-state index in [2.05, 4.69) is 25.5 Å². The van der Waals surface area contributed by atoms with E-state index < -0.39 is 23.9 Å². The summed E-state index contributed by atoms with van der Waals surface area (Å²) < 4.78 is 39.3. The Morgan fingerprint density at radius 2 is 2.23 bits per heavy atom. The van der Waals surface area contributed by atoms with E-state index in [4.69, 9.17) is 1.37 Å². The molecular formula is C21H20F2N6O. The molecule has 2 aliphatic heterocycles. The maximum absolute atomic E-state index is 15.0. The summed E-state index contributed by atoms with van der Waals surface area (Å²) in [5.74, 6) is 0.197. The minimum Gasteiger partial charge on any atom is -0.507 e. The van der Waals surface area contributed by atoms with E-state index in [0.717, 1.165) is 5.69 Å². The molecule has 0 saturated carbocycles. The zero-order valence-corrected chi connectivity index (χ0v) is 16.1. The second kappa shape index (κ2) is 6.94. The van der Waals surface area contributed by atoms with Crippen LogP contribution in [0.1, 0.15) is 26.8 Å². The lowest BCUT2D eigenvalue weighted by atomic mass is 9.86. The number of halogens is 2. The van der Waals surface area contributed by atoms with Crippen molar-refractivity contribution in [1.29, 1.82) is 0 Å². The number of fused-ring (bicyclic) bond motifs is 2. The highest BCUT2D eigenvalue weighted by Gasteiger charge is 2.52. The van der Waals surface area contributed by atoms with Crippen molar-refractivity contribution in [3.05, 3.63) is 54.4 Å². The molecule has 9 heteroatoms. The zero-order chi connectivity index (χ0) is 21.8. The van der Waals surface area contributed by atoms with Gasteiger partial charge < -0.3 is 15.0 Å². The summed E-state index contributed by atoms with van der Waals surface area (Å²) in [7, 11) is 0. The first-order valence-corrected chi connectivity index (χ1v) is 9.57. The summed E-state index contributed by atoms with van der Waals surface area (Å²) in [6.45, 7) is 1.59. The molecule has 5 rings (SSSR count). The number of rotatable bonds is 3. The van der Waals surface area contributed by atoms with Crippen LogP contribution in [0.5, 0.6) is 5.75 Å². The number of nitrogens with zero attached hydrogens (tertiary/aromatic N) is 5. The molecule has 30 heavy (non-hydrogen) atoms. The lowest BCUT2D eigenvalue weighted by Crippen LogP contribution is -2.53. The number of hydrogen-bond acceptors (Lipinski definition) is 6. The largest absolute Gasteiger partial charge is 0.507 e. The molecule has 4 atom stereocenters. The number of phenols is 1. The van der Waals surface area contributed by atoms with Crippen molar-refractivity contribution in [2.45, 2.75) is 43.7 Å². The van der Waals surface area contributed by atoms with Crippen LogP contribution in [0.15, 0.2) is 48.7 Å². The molecule has 4 heterocycles. The van der Waals surface area contributed by atoms with Crippen molar-refractivity contribution in [3.63, 3.8) is 0 Å². The van der Waals surface area contributed by atoms with E-state index >= 15 is 4.39 Å². The molecule has 2 saturated heterocycles. The maximum atomic E-state index is 15.0. The molecule has 2 aromatic heterocycles. The van der Waals surface area contributed by atoms with Crippen molar-refractivity contribution >= 4 is 6.08 Å². The fourth-order valence-electron chi connectivity index (χ4n) is 4.10. The Kier molecular flexibility index (Phi) is 4.08. The summed E-state index contributed by atoms with van der Waals surface area (Å²) in [5, 5.41) is 21.3. The average molecular weight is 411 g/mol. The van der Waals surface area contributed by atoms with Gasteiger partial charge in [-0.25, -0.2) is 18.7 Å². The molecule has 2 fully saturated rings. The minimum absolute atomic E-state index is 0.0177. The molecule has 0 radical (unpaired) electrons.